The second-order valence-electron chi connectivity index (χ2n) is 16.4. The second-order valence-corrected chi connectivity index (χ2v) is 17.8. The van der Waals surface area contributed by atoms with Crippen LogP contribution in [-0.4, -0.2) is 87.0 Å². The first-order valence-corrected chi connectivity index (χ1v) is 23.5. The van der Waals surface area contributed by atoms with Crippen molar-refractivity contribution in [1.82, 2.24) is 0 Å². The number of aliphatic hydroxyl groups excluding tert-OH is 1. The fourth-order valence-corrected chi connectivity index (χ4v) is 6.87. The number of unbranched alkanes of at least 4 members (excludes halogenated alkanes) is 11. The first kappa shape index (κ1) is 53.4. The molecule has 12 heteroatoms. The Hall–Kier alpha value is -2.66. The average molecular weight is 836 g/mol. The molecule has 1 rings (SSSR count). The molecule has 0 heterocycles. The smallest absolute Gasteiger partial charge is 0.306 e. The van der Waals surface area contributed by atoms with Gasteiger partial charge in [0.2, 0.25) is 0 Å². The summed E-state index contributed by atoms with van der Waals surface area (Å²) in [6.07, 6.45) is 35.9. The molecule has 0 amide bonds. The van der Waals surface area contributed by atoms with E-state index in [1.807, 2.05) is 45.4 Å². The summed E-state index contributed by atoms with van der Waals surface area (Å²) in [4.78, 5) is 50.1. The number of allylic oxidation sites excluding steroid dienone is 9. The van der Waals surface area contributed by atoms with E-state index in [0.717, 1.165) is 64.2 Å². The molecule has 58 heavy (non-hydrogen) atoms. The summed E-state index contributed by atoms with van der Waals surface area (Å²) < 4.78 is 33.8. The van der Waals surface area contributed by atoms with Gasteiger partial charge in [-0.1, -0.05) is 120 Å². The van der Waals surface area contributed by atoms with Gasteiger partial charge in [-0.2, -0.15) is 0 Å². The van der Waals surface area contributed by atoms with Crippen LogP contribution >= 0.6 is 7.82 Å². The highest BCUT2D eigenvalue weighted by Crippen LogP contribution is 2.38. The number of carbonyl (C=O) groups is 3. The molecule has 0 fully saturated rings. The van der Waals surface area contributed by atoms with Gasteiger partial charge in [-0.3, -0.25) is 18.9 Å². The average Bonchev–Trinajstić information content (AvgIpc) is 3.52. The minimum atomic E-state index is -4.68. The van der Waals surface area contributed by atoms with E-state index < -0.39 is 38.6 Å². The van der Waals surface area contributed by atoms with Gasteiger partial charge in [-0.25, -0.2) is 0 Å². The van der Waals surface area contributed by atoms with E-state index in [2.05, 4.69) is 38.2 Å². The van der Waals surface area contributed by atoms with Crippen molar-refractivity contribution in [3.63, 3.8) is 0 Å². The topological polar surface area (TPSA) is 148 Å². The van der Waals surface area contributed by atoms with Gasteiger partial charge < -0.3 is 33.0 Å². The fourth-order valence-electron chi connectivity index (χ4n) is 6.14. The van der Waals surface area contributed by atoms with Crippen molar-refractivity contribution >= 4 is 25.5 Å². The van der Waals surface area contributed by atoms with E-state index in [1.165, 1.54) is 19.3 Å². The largest absolute Gasteiger partial charge is 0.756 e. The minimum Gasteiger partial charge on any atom is -0.756 e. The molecule has 0 aromatic rings. The molecule has 0 bridgehead atoms. The zero-order valence-corrected chi connectivity index (χ0v) is 37.5. The minimum absolute atomic E-state index is 0.0252. The summed E-state index contributed by atoms with van der Waals surface area (Å²) in [5, 5.41) is 10.2. The molecule has 1 N–H and O–H groups in total. The lowest BCUT2D eigenvalue weighted by Crippen LogP contribution is -2.37. The van der Waals surface area contributed by atoms with Gasteiger partial charge in [0.25, 0.3) is 7.82 Å². The maximum Gasteiger partial charge on any atom is 0.306 e. The van der Waals surface area contributed by atoms with Crippen molar-refractivity contribution in [3.8, 4) is 0 Å². The van der Waals surface area contributed by atoms with Gasteiger partial charge in [0.15, 0.2) is 11.9 Å². The Balaban J connectivity index is 2.48. The van der Waals surface area contributed by atoms with Gasteiger partial charge >= 0.3 is 11.9 Å². The van der Waals surface area contributed by atoms with Crippen molar-refractivity contribution < 1.29 is 52.0 Å². The predicted octanol–water partition coefficient (Wildman–Crippen LogP) is 9.45. The molecule has 11 nitrogen and oxygen atoms in total. The molecule has 1 unspecified atom stereocenters. The van der Waals surface area contributed by atoms with Crippen LogP contribution in [0.25, 0.3) is 0 Å². The number of quaternary nitrogens is 1. The molecule has 0 aliphatic heterocycles. The molecular weight excluding hydrogens is 757 g/mol. The Labute approximate surface area is 351 Å². The Morgan fingerprint density at radius 2 is 1.43 bits per heavy atom. The summed E-state index contributed by atoms with van der Waals surface area (Å²) in [7, 11) is 1.04. The van der Waals surface area contributed by atoms with Crippen LogP contribution in [-0.2, 0) is 37.5 Å². The van der Waals surface area contributed by atoms with E-state index in [1.54, 1.807) is 12.2 Å². The molecule has 1 aliphatic rings. The van der Waals surface area contributed by atoms with E-state index >= 15 is 0 Å². The lowest BCUT2D eigenvalue weighted by atomic mass is 9.90. The number of aliphatic hydroxyl groups is 1. The van der Waals surface area contributed by atoms with Crippen molar-refractivity contribution in [2.45, 2.75) is 154 Å². The van der Waals surface area contributed by atoms with E-state index in [4.69, 9.17) is 18.5 Å². The zero-order valence-electron chi connectivity index (χ0n) is 36.6. The third-order valence-electron chi connectivity index (χ3n) is 9.76. The van der Waals surface area contributed by atoms with Crippen LogP contribution in [0.2, 0.25) is 0 Å². The molecule has 0 spiro atoms. The number of phosphoric acid groups is 1. The van der Waals surface area contributed by atoms with Gasteiger partial charge in [0, 0.05) is 18.8 Å². The zero-order chi connectivity index (χ0) is 42.9. The maximum absolute atomic E-state index is 12.7. The van der Waals surface area contributed by atoms with Crippen LogP contribution in [0, 0.1) is 11.8 Å². The summed E-state index contributed by atoms with van der Waals surface area (Å²) in [6, 6.07) is 0. The van der Waals surface area contributed by atoms with Crippen LogP contribution < -0.4 is 4.89 Å². The van der Waals surface area contributed by atoms with Gasteiger partial charge in [0.05, 0.1) is 33.9 Å². The summed E-state index contributed by atoms with van der Waals surface area (Å²) in [6.45, 7) is 3.84. The number of nitrogens with zero attached hydrogens (tertiary/aromatic N) is 1. The van der Waals surface area contributed by atoms with Crippen LogP contribution in [0.15, 0.2) is 60.8 Å². The number of hydrogen-bond acceptors (Lipinski definition) is 10. The highest BCUT2D eigenvalue weighted by atomic mass is 31.2. The van der Waals surface area contributed by atoms with Crippen LogP contribution in [0.5, 0.6) is 0 Å². The number of likely N-dealkylation sites (N-methyl/N-ethyl adjacent to an activating group) is 1. The highest BCUT2D eigenvalue weighted by molar-refractivity contribution is 7.45. The normalized spacial score (nSPS) is 18.2. The Morgan fingerprint density at radius 3 is 2.14 bits per heavy atom. The quantitative estimate of drug-likeness (QED) is 0.0213. The second kappa shape index (κ2) is 33.1. The fraction of sp³-hybridized carbons (Fsp3) is 0.717. The van der Waals surface area contributed by atoms with Crippen LogP contribution in [0.1, 0.15) is 142 Å². The molecule has 0 radical (unpaired) electrons. The molecule has 1 aliphatic carbocycles. The monoisotopic (exact) mass is 836 g/mol. The molecule has 0 aromatic carbocycles. The third-order valence-corrected chi connectivity index (χ3v) is 10.7. The first-order valence-electron chi connectivity index (χ1n) is 22.0. The van der Waals surface area contributed by atoms with E-state index in [0.29, 0.717) is 43.1 Å². The van der Waals surface area contributed by atoms with E-state index in [9.17, 15) is 28.9 Å². The molecule has 332 valence electrons. The van der Waals surface area contributed by atoms with Crippen LogP contribution in [0.4, 0.5) is 0 Å². The van der Waals surface area contributed by atoms with Crippen molar-refractivity contribution in [2.75, 3.05) is 47.5 Å². The predicted molar refractivity (Wildman–Crippen MR) is 231 cm³/mol. The number of hydrogen-bond donors (Lipinski definition) is 1. The van der Waals surface area contributed by atoms with Crippen molar-refractivity contribution in [1.29, 1.82) is 0 Å². The highest BCUT2D eigenvalue weighted by Gasteiger charge is 2.27. The number of phosphoric ester groups is 1. The van der Waals surface area contributed by atoms with Gasteiger partial charge in [-0.15, -0.1) is 0 Å². The number of ether oxygens (including phenoxy) is 2. The van der Waals surface area contributed by atoms with Gasteiger partial charge in [0.1, 0.15) is 19.8 Å². The van der Waals surface area contributed by atoms with Crippen molar-refractivity contribution in [2.24, 2.45) is 11.8 Å². The Bertz CT molecular complexity index is 1320. The van der Waals surface area contributed by atoms with Crippen molar-refractivity contribution in [3.05, 3.63) is 60.8 Å². The molecule has 0 saturated heterocycles. The lowest BCUT2D eigenvalue weighted by molar-refractivity contribution is -0.870. The van der Waals surface area contributed by atoms with Gasteiger partial charge in [-0.05, 0) is 76.2 Å². The number of rotatable bonds is 36. The summed E-state index contributed by atoms with van der Waals surface area (Å²) in [5.41, 5.74) is 0. The third kappa shape index (κ3) is 30.4. The van der Waals surface area contributed by atoms with E-state index in [-0.39, 0.29) is 43.7 Å². The molecule has 5 atom stereocenters. The first-order chi connectivity index (χ1) is 27.8. The Kier molecular flexibility index (Phi) is 30.5. The summed E-state index contributed by atoms with van der Waals surface area (Å²) >= 11 is 0. The number of carbonyl (C=O) groups excluding carboxylic acids is 3. The van der Waals surface area contributed by atoms with Crippen LogP contribution in [0.3, 0.4) is 0 Å². The number of esters is 2. The lowest BCUT2D eigenvalue weighted by Gasteiger charge is -2.28. The Morgan fingerprint density at radius 1 is 0.810 bits per heavy atom. The molecule has 0 aromatic heterocycles. The summed E-state index contributed by atoms with van der Waals surface area (Å²) in [5.74, 6) is -1.22. The standard InChI is InChI=1S/C46H78NO10P/c1-6-8-10-11-12-13-14-15-16-17-18-19-20-21-27-31-46(51)57-42(39-56-58(52,53)55-37-36-47(3,4)5)38-54-45(50)30-26-23-22-25-28-40-32-35-44(49)43(40)34-33-41(48)29-24-9-7-2/h12-13,15-16,22,25,32-35,40-43,48H,6-11,14,17-21,23-24,26-31,36-39H2,1-5H3/b13-12-,16-15-,25-22-,34-33+/t40-,41-,42+,43+/m0/s1. The number of ketones is 1. The maximum atomic E-state index is 12.7. The molecule has 0 saturated carbocycles. The SMILES string of the molecule is CCCCC/C=C\C/C=C\CCCCCCCC(=O)O[C@H](COC(=O)CCC/C=C\C[C@H]1C=CC(=O)[C@@H]1/C=C/[C@@H](O)CCCCC)COP(=O)([O-])OCC[N+](C)(C)C. The molecular formula is C46H78NO10P.